The summed E-state index contributed by atoms with van der Waals surface area (Å²) in [5.74, 6) is 0.829. The zero-order chi connectivity index (χ0) is 9.52. The van der Waals surface area contributed by atoms with Crippen LogP contribution in [0.4, 0.5) is 0 Å². The van der Waals surface area contributed by atoms with E-state index in [9.17, 15) is 0 Å². The molecule has 1 aromatic rings. The number of methoxy groups -OCH3 is 1. The lowest BCUT2D eigenvalue weighted by atomic mass is 10.3. The van der Waals surface area contributed by atoms with Crippen molar-refractivity contribution in [3.05, 3.63) is 30.3 Å². The average molecular weight is 181 g/mol. The number of ether oxygens (including phenoxy) is 2. The van der Waals surface area contributed by atoms with Crippen LogP contribution in [0.5, 0.6) is 5.75 Å². The Kier molecular flexibility index (Phi) is 4.29. The Hall–Kier alpha value is -1.06. The fourth-order valence-electron chi connectivity index (χ4n) is 1.03. The standard InChI is InChI=1S/C10H15NO2/c1-12-8-10(7-11)13-9-5-3-2-4-6-9/h2-6,10H,7-8,11H2,1H3. The summed E-state index contributed by atoms with van der Waals surface area (Å²) < 4.78 is 10.5. The first-order chi connectivity index (χ1) is 6.36. The molecule has 0 radical (unpaired) electrons. The molecule has 0 spiro atoms. The topological polar surface area (TPSA) is 44.5 Å². The highest BCUT2D eigenvalue weighted by molar-refractivity contribution is 5.21. The van der Waals surface area contributed by atoms with Crippen LogP contribution in [0.3, 0.4) is 0 Å². The van der Waals surface area contributed by atoms with E-state index in [1.54, 1.807) is 7.11 Å². The molecule has 0 saturated heterocycles. The third-order valence-corrected chi connectivity index (χ3v) is 1.66. The van der Waals surface area contributed by atoms with Crippen LogP contribution >= 0.6 is 0 Å². The number of benzene rings is 1. The molecule has 0 heterocycles. The lowest BCUT2D eigenvalue weighted by Gasteiger charge is -2.15. The number of para-hydroxylation sites is 1. The van der Waals surface area contributed by atoms with Crippen molar-refractivity contribution in [1.82, 2.24) is 0 Å². The summed E-state index contributed by atoms with van der Waals surface area (Å²) in [4.78, 5) is 0. The Morgan fingerprint density at radius 3 is 2.54 bits per heavy atom. The Labute approximate surface area is 78.5 Å². The highest BCUT2D eigenvalue weighted by atomic mass is 16.5. The largest absolute Gasteiger partial charge is 0.487 e. The quantitative estimate of drug-likeness (QED) is 0.738. The van der Waals surface area contributed by atoms with Crippen LogP contribution < -0.4 is 10.5 Å². The van der Waals surface area contributed by atoms with Crippen LogP contribution in [0, 0.1) is 0 Å². The normalized spacial score (nSPS) is 12.5. The van der Waals surface area contributed by atoms with Gasteiger partial charge >= 0.3 is 0 Å². The molecular formula is C10H15NO2. The van der Waals surface area contributed by atoms with Crippen molar-refractivity contribution < 1.29 is 9.47 Å². The van der Waals surface area contributed by atoms with Gasteiger partial charge in [-0.3, -0.25) is 0 Å². The molecule has 1 atom stereocenters. The van der Waals surface area contributed by atoms with Gasteiger partial charge in [0.2, 0.25) is 0 Å². The third-order valence-electron chi connectivity index (χ3n) is 1.66. The number of hydrogen-bond donors (Lipinski definition) is 1. The maximum atomic E-state index is 5.55. The van der Waals surface area contributed by atoms with Crippen LogP contribution in [-0.2, 0) is 4.74 Å². The zero-order valence-corrected chi connectivity index (χ0v) is 7.77. The first-order valence-corrected chi connectivity index (χ1v) is 4.27. The van der Waals surface area contributed by atoms with Gasteiger partial charge in [0.05, 0.1) is 6.61 Å². The lowest BCUT2D eigenvalue weighted by molar-refractivity contribution is 0.0860. The summed E-state index contributed by atoms with van der Waals surface area (Å²) in [6.07, 6.45) is -0.0626. The molecule has 3 heteroatoms. The van der Waals surface area contributed by atoms with Gasteiger partial charge in [0, 0.05) is 13.7 Å². The predicted octanol–water partition coefficient (Wildman–Crippen LogP) is 1.04. The summed E-state index contributed by atoms with van der Waals surface area (Å²) in [7, 11) is 1.64. The highest BCUT2D eigenvalue weighted by Gasteiger charge is 2.06. The van der Waals surface area contributed by atoms with Crippen molar-refractivity contribution in [1.29, 1.82) is 0 Å². The SMILES string of the molecule is COCC(CN)Oc1ccccc1. The minimum absolute atomic E-state index is 0.0626. The van der Waals surface area contributed by atoms with Gasteiger partial charge in [-0.2, -0.15) is 0 Å². The Morgan fingerprint density at radius 1 is 1.31 bits per heavy atom. The van der Waals surface area contributed by atoms with Gasteiger partial charge in [0.1, 0.15) is 11.9 Å². The first-order valence-electron chi connectivity index (χ1n) is 4.27. The second-order valence-electron chi connectivity index (χ2n) is 2.74. The van der Waals surface area contributed by atoms with Crippen LogP contribution in [0.15, 0.2) is 30.3 Å². The van der Waals surface area contributed by atoms with E-state index in [0.717, 1.165) is 5.75 Å². The smallest absolute Gasteiger partial charge is 0.134 e. The summed E-state index contributed by atoms with van der Waals surface area (Å²) >= 11 is 0. The molecule has 2 N–H and O–H groups in total. The molecule has 1 aromatic carbocycles. The molecule has 0 fully saturated rings. The van der Waals surface area contributed by atoms with Gasteiger partial charge in [0.15, 0.2) is 0 Å². The summed E-state index contributed by atoms with van der Waals surface area (Å²) in [5, 5.41) is 0. The molecule has 0 bridgehead atoms. The van der Waals surface area contributed by atoms with Crippen LogP contribution in [0.25, 0.3) is 0 Å². The molecule has 1 unspecified atom stereocenters. The molecule has 0 saturated carbocycles. The van der Waals surface area contributed by atoms with Crippen molar-refractivity contribution in [2.24, 2.45) is 5.73 Å². The average Bonchev–Trinajstić information content (AvgIpc) is 2.19. The number of nitrogens with two attached hydrogens (primary N) is 1. The fraction of sp³-hybridized carbons (Fsp3) is 0.400. The fourth-order valence-corrected chi connectivity index (χ4v) is 1.03. The molecule has 0 aliphatic carbocycles. The van der Waals surface area contributed by atoms with Crippen LogP contribution in [0.1, 0.15) is 0 Å². The second kappa shape index (κ2) is 5.56. The van der Waals surface area contributed by atoms with E-state index >= 15 is 0 Å². The van der Waals surface area contributed by atoms with E-state index in [0.29, 0.717) is 13.2 Å². The lowest BCUT2D eigenvalue weighted by Crippen LogP contribution is -2.31. The molecule has 72 valence electrons. The van der Waals surface area contributed by atoms with Gasteiger partial charge in [-0.15, -0.1) is 0 Å². The van der Waals surface area contributed by atoms with Gasteiger partial charge in [-0.05, 0) is 12.1 Å². The molecule has 0 aromatic heterocycles. The monoisotopic (exact) mass is 181 g/mol. The Balaban J connectivity index is 2.46. The van der Waals surface area contributed by atoms with E-state index in [2.05, 4.69) is 0 Å². The summed E-state index contributed by atoms with van der Waals surface area (Å²) in [6, 6.07) is 9.60. The second-order valence-corrected chi connectivity index (χ2v) is 2.74. The molecule has 0 aliphatic rings. The van der Waals surface area contributed by atoms with Crippen molar-refractivity contribution in [2.45, 2.75) is 6.10 Å². The first kappa shape index (κ1) is 10.0. The van der Waals surface area contributed by atoms with E-state index in [1.807, 2.05) is 30.3 Å². The molecule has 1 rings (SSSR count). The maximum Gasteiger partial charge on any atom is 0.134 e. The molecule has 3 nitrogen and oxygen atoms in total. The van der Waals surface area contributed by atoms with E-state index in [-0.39, 0.29) is 6.10 Å². The Morgan fingerprint density at radius 2 is 2.00 bits per heavy atom. The van der Waals surface area contributed by atoms with Crippen molar-refractivity contribution >= 4 is 0 Å². The molecule has 0 amide bonds. The van der Waals surface area contributed by atoms with Crippen molar-refractivity contribution in [3.8, 4) is 5.75 Å². The maximum absolute atomic E-state index is 5.55. The van der Waals surface area contributed by atoms with Gasteiger partial charge in [-0.25, -0.2) is 0 Å². The van der Waals surface area contributed by atoms with Crippen LogP contribution in [-0.4, -0.2) is 26.4 Å². The van der Waals surface area contributed by atoms with Crippen molar-refractivity contribution in [3.63, 3.8) is 0 Å². The predicted molar refractivity (Wildman–Crippen MR) is 51.8 cm³/mol. The number of rotatable bonds is 5. The van der Waals surface area contributed by atoms with Crippen molar-refractivity contribution in [2.75, 3.05) is 20.3 Å². The van der Waals surface area contributed by atoms with E-state index in [1.165, 1.54) is 0 Å². The summed E-state index contributed by atoms with van der Waals surface area (Å²) in [5.41, 5.74) is 5.50. The number of hydrogen-bond acceptors (Lipinski definition) is 3. The van der Waals surface area contributed by atoms with Gasteiger partial charge in [-0.1, -0.05) is 18.2 Å². The molecule has 13 heavy (non-hydrogen) atoms. The highest BCUT2D eigenvalue weighted by Crippen LogP contribution is 2.10. The van der Waals surface area contributed by atoms with Gasteiger partial charge < -0.3 is 15.2 Å². The minimum atomic E-state index is -0.0626. The zero-order valence-electron chi connectivity index (χ0n) is 7.77. The third kappa shape index (κ3) is 3.44. The van der Waals surface area contributed by atoms with E-state index in [4.69, 9.17) is 15.2 Å². The Bertz CT molecular complexity index is 226. The molecule has 0 aliphatic heterocycles. The van der Waals surface area contributed by atoms with Crippen LogP contribution in [0.2, 0.25) is 0 Å². The summed E-state index contributed by atoms with van der Waals surface area (Å²) in [6.45, 7) is 0.980. The van der Waals surface area contributed by atoms with Gasteiger partial charge in [0.25, 0.3) is 0 Å². The minimum Gasteiger partial charge on any atom is -0.487 e. The van der Waals surface area contributed by atoms with E-state index < -0.39 is 0 Å². The molecular weight excluding hydrogens is 166 g/mol.